The number of amides is 1. The second-order valence-electron chi connectivity index (χ2n) is 5.83. The number of rotatable bonds is 5. The van der Waals surface area contributed by atoms with Crippen LogP contribution < -0.4 is 10.1 Å². The van der Waals surface area contributed by atoms with E-state index in [2.05, 4.69) is 18.3 Å². The largest absolute Gasteiger partial charge is 0.497 e. The molecule has 0 radical (unpaired) electrons. The number of benzene rings is 1. The molecule has 4 nitrogen and oxygen atoms in total. The Balaban J connectivity index is 0.00000242. The molecule has 0 bridgehead atoms. The Kier molecular flexibility index (Phi) is 7.69. The topological polar surface area (TPSA) is 41.6 Å². The summed E-state index contributed by atoms with van der Waals surface area (Å²) >= 11 is 0. The van der Waals surface area contributed by atoms with Crippen LogP contribution in [-0.2, 0) is 4.79 Å². The van der Waals surface area contributed by atoms with Crippen molar-refractivity contribution < 1.29 is 9.53 Å². The fraction of sp³-hybridized carbons (Fsp3) is 0.588. The number of methoxy groups -OCH3 is 1. The molecule has 1 aromatic rings. The van der Waals surface area contributed by atoms with Crippen LogP contribution in [0.4, 0.5) is 0 Å². The number of hydrogen-bond acceptors (Lipinski definition) is 3. The lowest BCUT2D eigenvalue weighted by atomic mass is 9.96. The van der Waals surface area contributed by atoms with Gasteiger partial charge in [-0.1, -0.05) is 19.1 Å². The Morgan fingerprint density at radius 3 is 2.68 bits per heavy atom. The molecule has 0 saturated carbocycles. The molecule has 1 fully saturated rings. The lowest BCUT2D eigenvalue weighted by Gasteiger charge is -2.32. The summed E-state index contributed by atoms with van der Waals surface area (Å²) in [6, 6.07) is 8.55. The standard InChI is InChI=1S/C17H26N2O2.ClH/c1-13(14-5-4-6-16(12-14)21-3)11-17(20)19-9-7-15(18-2)8-10-19;/h4-6,12-13,15,18H,7-11H2,1-3H3;1H. The van der Waals surface area contributed by atoms with Crippen molar-refractivity contribution in [2.24, 2.45) is 0 Å². The Hall–Kier alpha value is -1.26. The Labute approximate surface area is 139 Å². The number of hydrogen-bond donors (Lipinski definition) is 1. The molecule has 1 heterocycles. The van der Waals surface area contributed by atoms with Crippen molar-refractivity contribution in [1.82, 2.24) is 10.2 Å². The van der Waals surface area contributed by atoms with Crippen molar-refractivity contribution in [2.75, 3.05) is 27.2 Å². The molecule has 1 aliphatic heterocycles. The molecule has 0 spiro atoms. The number of carbonyl (C=O) groups excluding carboxylic acids is 1. The monoisotopic (exact) mass is 326 g/mol. The summed E-state index contributed by atoms with van der Waals surface area (Å²) in [6.07, 6.45) is 2.67. The van der Waals surface area contributed by atoms with Crippen LogP contribution >= 0.6 is 12.4 Å². The normalized spacial score (nSPS) is 16.8. The molecule has 0 aliphatic carbocycles. The van der Waals surface area contributed by atoms with Gasteiger partial charge < -0.3 is 15.0 Å². The molecule has 1 unspecified atom stereocenters. The van der Waals surface area contributed by atoms with Crippen LogP contribution in [0.3, 0.4) is 0 Å². The van der Waals surface area contributed by atoms with Crippen LogP contribution in [0.2, 0.25) is 0 Å². The summed E-state index contributed by atoms with van der Waals surface area (Å²) in [5.41, 5.74) is 1.16. The maximum Gasteiger partial charge on any atom is 0.223 e. The summed E-state index contributed by atoms with van der Waals surface area (Å²) in [5.74, 6) is 1.33. The van der Waals surface area contributed by atoms with E-state index in [-0.39, 0.29) is 24.2 Å². The minimum absolute atomic E-state index is 0. The molecule has 5 heteroatoms. The number of nitrogens with one attached hydrogen (secondary N) is 1. The van der Waals surface area contributed by atoms with Crippen molar-refractivity contribution in [3.8, 4) is 5.75 Å². The minimum atomic E-state index is 0. The summed E-state index contributed by atoms with van der Waals surface area (Å²) < 4.78 is 5.25. The number of halogens is 1. The van der Waals surface area contributed by atoms with Crippen molar-refractivity contribution in [2.45, 2.75) is 38.1 Å². The van der Waals surface area contributed by atoms with Gasteiger partial charge in [-0.3, -0.25) is 4.79 Å². The zero-order valence-electron chi connectivity index (χ0n) is 13.7. The molecule has 1 aliphatic rings. The SMILES string of the molecule is CNC1CCN(C(=O)CC(C)c2cccc(OC)c2)CC1.Cl. The van der Waals surface area contributed by atoms with E-state index in [1.807, 2.05) is 30.1 Å². The van der Waals surface area contributed by atoms with E-state index >= 15 is 0 Å². The van der Waals surface area contributed by atoms with Crippen LogP contribution in [0.5, 0.6) is 5.75 Å². The summed E-state index contributed by atoms with van der Waals surface area (Å²) in [7, 11) is 3.66. The Morgan fingerprint density at radius 2 is 2.09 bits per heavy atom. The summed E-state index contributed by atoms with van der Waals surface area (Å²) in [6.45, 7) is 3.84. The highest BCUT2D eigenvalue weighted by Gasteiger charge is 2.23. The van der Waals surface area contributed by atoms with Gasteiger partial charge >= 0.3 is 0 Å². The van der Waals surface area contributed by atoms with E-state index in [0.29, 0.717) is 12.5 Å². The predicted molar refractivity (Wildman–Crippen MR) is 91.9 cm³/mol. The first-order valence-electron chi connectivity index (χ1n) is 7.73. The van der Waals surface area contributed by atoms with Gasteiger partial charge in [0.25, 0.3) is 0 Å². The van der Waals surface area contributed by atoms with Gasteiger partial charge in [-0.05, 0) is 43.5 Å². The third kappa shape index (κ3) is 4.89. The van der Waals surface area contributed by atoms with Gasteiger partial charge in [-0.2, -0.15) is 0 Å². The number of likely N-dealkylation sites (tertiary alicyclic amines) is 1. The predicted octanol–water partition coefficient (Wildman–Crippen LogP) is 2.82. The van der Waals surface area contributed by atoms with Gasteiger partial charge in [0.15, 0.2) is 0 Å². The molecule has 1 amide bonds. The molecule has 1 N–H and O–H groups in total. The lowest BCUT2D eigenvalue weighted by Crippen LogP contribution is -2.44. The van der Waals surface area contributed by atoms with E-state index < -0.39 is 0 Å². The Morgan fingerprint density at radius 1 is 1.41 bits per heavy atom. The van der Waals surface area contributed by atoms with Gasteiger partial charge in [0, 0.05) is 25.6 Å². The first kappa shape index (κ1) is 18.8. The first-order chi connectivity index (χ1) is 10.1. The molecule has 1 saturated heterocycles. The molecule has 22 heavy (non-hydrogen) atoms. The average molecular weight is 327 g/mol. The molecule has 1 aromatic carbocycles. The number of carbonyl (C=O) groups is 1. The van der Waals surface area contributed by atoms with E-state index in [4.69, 9.17) is 4.74 Å². The summed E-state index contributed by atoms with van der Waals surface area (Å²) in [4.78, 5) is 14.4. The quantitative estimate of drug-likeness (QED) is 0.904. The lowest BCUT2D eigenvalue weighted by molar-refractivity contribution is -0.132. The molecule has 124 valence electrons. The van der Waals surface area contributed by atoms with E-state index in [9.17, 15) is 4.79 Å². The van der Waals surface area contributed by atoms with Gasteiger partial charge in [-0.25, -0.2) is 0 Å². The average Bonchev–Trinajstić information content (AvgIpc) is 2.54. The zero-order valence-corrected chi connectivity index (χ0v) is 14.5. The second-order valence-corrected chi connectivity index (χ2v) is 5.83. The molecule has 2 rings (SSSR count). The van der Waals surface area contributed by atoms with Crippen molar-refractivity contribution in [3.05, 3.63) is 29.8 Å². The van der Waals surface area contributed by atoms with E-state index in [1.54, 1.807) is 7.11 Å². The van der Waals surface area contributed by atoms with Gasteiger partial charge in [0.1, 0.15) is 5.75 Å². The van der Waals surface area contributed by atoms with Crippen molar-refractivity contribution >= 4 is 18.3 Å². The third-order valence-electron chi connectivity index (χ3n) is 4.40. The molecular weight excluding hydrogens is 300 g/mol. The fourth-order valence-electron chi connectivity index (χ4n) is 2.87. The van der Waals surface area contributed by atoms with E-state index in [1.165, 1.54) is 0 Å². The smallest absolute Gasteiger partial charge is 0.223 e. The number of nitrogens with zero attached hydrogens (tertiary/aromatic N) is 1. The van der Waals surface area contributed by atoms with Crippen LogP contribution in [0, 0.1) is 0 Å². The first-order valence-corrected chi connectivity index (χ1v) is 7.73. The highest BCUT2D eigenvalue weighted by molar-refractivity contribution is 5.85. The maximum absolute atomic E-state index is 12.4. The molecule has 1 atom stereocenters. The molecular formula is C17H27ClN2O2. The Bertz CT molecular complexity index is 473. The molecule has 0 aromatic heterocycles. The maximum atomic E-state index is 12.4. The van der Waals surface area contributed by atoms with Crippen LogP contribution in [0.15, 0.2) is 24.3 Å². The fourth-order valence-corrected chi connectivity index (χ4v) is 2.87. The highest BCUT2D eigenvalue weighted by Crippen LogP contribution is 2.24. The van der Waals surface area contributed by atoms with Crippen LogP contribution in [0.25, 0.3) is 0 Å². The van der Waals surface area contributed by atoms with Crippen LogP contribution in [0.1, 0.15) is 37.7 Å². The van der Waals surface area contributed by atoms with Crippen molar-refractivity contribution in [1.29, 1.82) is 0 Å². The summed E-state index contributed by atoms with van der Waals surface area (Å²) in [5, 5.41) is 3.29. The van der Waals surface area contributed by atoms with Crippen molar-refractivity contribution in [3.63, 3.8) is 0 Å². The van der Waals surface area contributed by atoms with Gasteiger partial charge in [0.2, 0.25) is 5.91 Å². The van der Waals surface area contributed by atoms with Gasteiger partial charge in [0.05, 0.1) is 7.11 Å². The highest BCUT2D eigenvalue weighted by atomic mass is 35.5. The number of piperidine rings is 1. The minimum Gasteiger partial charge on any atom is -0.497 e. The van der Waals surface area contributed by atoms with Crippen LogP contribution in [-0.4, -0.2) is 44.1 Å². The number of ether oxygens (including phenoxy) is 1. The van der Waals surface area contributed by atoms with Gasteiger partial charge in [-0.15, -0.1) is 12.4 Å². The third-order valence-corrected chi connectivity index (χ3v) is 4.40. The van der Waals surface area contributed by atoms with E-state index in [0.717, 1.165) is 37.2 Å². The second kappa shape index (κ2) is 9.01. The zero-order chi connectivity index (χ0) is 15.2.